The van der Waals surface area contributed by atoms with Gasteiger partial charge in [0.25, 0.3) is 5.91 Å². The molecule has 0 spiro atoms. The maximum atomic E-state index is 13.7. The molecule has 142 valence electrons. The lowest BCUT2D eigenvalue weighted by Crippen LogP contribution is -2.50. The van der Waals surface area contributed by atoms with Crippen LogP contribution in [0.2, 0.25) is 0 Å². The van der Waals surface area contributed by atoms with E-state index in [4.69, 9.17) is 0 Å². The molecule has 0 unspecified atom stereocenters. The summed E-state index contributed by atoms with van der Waals surface area (Å²) in [5.41, 5.74) is 1.94. The lowest BCUT2D eigenvalue weighted by atomic mass is 10.1. The van der Waals surface area contributed by atoms with E-state index < -0.39 is 11.6 Å². The quantitative estimate of drug-likeness (QED) is 0.827. The number of hydrogen-bond donors (Lipinski definition) is 0. The number of benzene rings is 2. The van der Waals surface area contributed by atoms with Crippen LogP contribution in [0.25, 0.3) is 0 Å². The molecule has 0 atom stereocenters. The molecule has 1 heterocycles. The Kier molecular flexibility index (Phi) is 5.84. The average Bonchev–Trinajstić information content (AvgIpc) is 2.68. The van der Waals surface area contributed by atoms with E-state index in [1.54, 1.807) is 9.80 Å². The molecule has 1 aliphatic heterocycles. The zero-order valence-corrected chi connectivity index (χ0v) is 15.3. The van der Waals surface area contributed by atoms with Gasteiger partial charge in [0.15, 0.2) is 0 Å². The second kappa shape index (κ2) is 8.29. The molecular formula is C21H22F2N2O2. The number of carbonyl (C=O) groups is 2. The largest absolute Gasteiger partial charge is 0.339 e. The molecule has 1 aliphatic rings. The fourth-order valence-corrected chi connectivity index (χ4v) is 3.17. The first-order chi connectivity index (χ1) is 12.9. The molecule has 0 bridgehead atoms. The Balaban J connectivity index is 1.51. The normalized spacial score (nSPS) is 14.3. The van der Waals surface area contributed by atoms with Crippen LogP contribution in [0.5, 0.6) is 0 Å². The smallest absolute Gasteiger partial charge is 0.253 e. The van der Waals surface area contributed by atoms with Crippen LogP contribution in [0.15, 0.2) is 42.5 Å². The first-order valence-corrected chi connectivity index (χ1v) is 9.01. The van der Waals surface area contributed by atoms with Crippen LogP contribution >= 0.6 is 0 Å². The van der Waals surface area contributed by atoms with Crippen molar-refractivity contribution in [1.29, 1.82) is 0 Å². The van der Waals surface area contributed by atoms with Crippen LogP contribution in [0.3, 0.4) is 0 Å². The highest BCUT2D eigenvalue weighted by atomic mass is 19.1. The van der Waals surface area contributed by atoms with E-state index in [-0.39, 0.29) is 30.2 Å². The van der Waals surface area contributed by atoms with Gasteiger partial charge in [-0.1, -0.05) is 17.7 Å². The van der Waals surface area contributed by atoms with Gasteiger partial charge in [0.2, 0.25) is 5.91 Å². The molecule has 0 N–H and O–H groups in total. The van der Waals surface area contributed by atoms with Crippen molar-refractivity contribution in [2.75, 3.05) is 26.2 Å². The predicted octanol–water partition coefficient (Wildman–Crippen LogP) is 3.19. The van der Waals surface area contributed by atoms with E-state index in [1.807, 2.05) is 31.2 Å². The number of rotatable bonds is 4. The van der Waals surface area contributed by atoms with E-state index in [0.29, 0.717) is 31.7 Å². The summed E-state index contributed by atoms with van der Waals surface area (Å²) in [7, 11) is 0. The fraction of sp³-hybridized carbons (Fsp3) is 0.333. The maximum Gasteiger partial charge on any atom is 0.253 e. The van der Waals surface area contributed by atoms with Gasteiger partial charge in [0.1, 0.15) is 11.6 Å². The van der Waals surface area contributed by atoms with Crippen molar-refractivity contribution in [1.82, 2.24) is 9.80 Å². The van der Waals surface area contributed by atoms with Crippen molar-refractivity contribution < 1.29 is 18.4 Å². The summed E-state index contributed by atoms with van der Waals surface area (Å²) < 4.78 is 26.9. The lowest BCUT2D eigenvalue weighted by Gasteiger charge is -2.35. The third-order valence-electron chi connectivity index (χ3n) is 4.83. The summed E-state index contributed by atoms with van der Waals surface area (Å²) in [6, 6.07) is 10.7. The third-order valence-corrected chi connectivity index (χ3v) is 4.83. The molecule has 0 radical (unpaired) electrons. The van der Waals surface area contributed by atoms with Crippen molar-refractivity contribution in [2.45, 2.75) is 19.8 Å². The molecule has 2 aromatic carbocycles. The molecule has 6 heteroatoms. The number of amides is 2. The van der Waals surface area contributed by atoms with Gasteiger partial charge >= 0.3 is 0 Å². The van der Waals surface area contributed by atoms with Crippen LogP contribution in [-0.2, 0) is 11.2 Å². The molecule has 0 aliphatic carbocycles. The zero-order valence-electron chi connectivity index (χ0n) is 15.3. The molecule has 2 amide bonds. The van der Waals surface area contributed by atoms with Gasteiger partial charge in [0, 0.05) is 38.2 Å². The predicted molar refractivity (Wildman–Crippen MR) is 98.3 cm³/mol. The topological polar surface area (TPSA) is 40.6 Å². The number of nitrogens with zero attached hydrogens (tertiary/aromatic N) is 2. The molecule has 1 saturated heterocycles. The lowest BCUT2D eigenvalue weighted by molar-refractivity contribution is -0.132. The molecular weight excluding hydrogens is 350 g/mol. The molecule has 4 nitrogen and oxygen atoms in total. The van der Waals surface area contributed by atoms with Crippen molar-refractivity contribution in [2.24, 2.45) is 0 Å². The van der Waals surface area contributed by atoms with E-state index in [9.17, 15) is 18.4 Å². The average molecular weight is 372 g/mol. The highest BCUT2D eigenvalue weighted by Gasteiger charge is 2.24. The van der Waals surface area contributed by atoms with E-state index in [2.05, 4.69) is 0 Å². The van der Waals surface area contributed by atoms with Gasteiger partial charge < -0.3 is 9.80 Å². The van der Waals surface area contributed by atoms with Gasteiger partial charge in [-0.25, -0.2) is 8.78 Å². The van der Waals surface area contributed by atoms with Gasteiger partial charge in [-0.3, -0.25) is 9.59 Å². The third kappa shape index (κ3) is 4.70. The van der Waals surface area contributed by atoms with Crippen LogP contribution in [0.1, 0.15) is 27.9 Å². The zero-order chi connectivity index (χ0) is 19.4. The highest BCUT2D eigenvalue weighted by molar-refractivity contribution is 5.94. The number of carbonyl (C=O) groups excluding carboxylic acids is 2. The summed E-state index contributed by atoms with van der Waals surface area (Å²) in [5, 5.41) is 0. The van der Waals surface area contributed by atoms with Crippen LogP contribution in [-0.4, -0.2) is 47.8 Å². The van der Waals surface area contributed by atoms with Crippen LogP contribution in [0.4, 0.5) is 8.78 Å². The summed E-state index contributed by atoms with van der Waals surface area (Å²) in [6.45, 7) is 3.79. The first kappa shape index (κ1) is 19.0. The number of piperazine rings is 1. The van der Waals surface area contributed by atoms with Crippen molar-refractivity contribution >= 4 is 11.8 Å². The minimum absolute atomic E-state index is 0.0380. The monoisotopic (exact) mass is 372 g/mol. The molecule has 27 heavy (non-hydrogen) atoms. The summed E-state index contributed by atoms with van der Waals surface area (Å²) in [5.74, 6) is -1.16. The van der Waals surface area contributed by atoms with Gasteiger partial charge in [-0.15, -0.1) is 0 Å². The molecule has 0 aromatic heterocycles. The Bertz CT molecular complexity index is 829. The fourth-order valence-electron chi connectivity index (χ4n) is 3.17. The van der Waals surface area contributed by atoms with Gasteiger partial charge in [-0.2, -0.15) is 0 Å². The minimum Gasteiger partial charge on any atom is -0.339 e. The maximum absolute atomic E-state index is 13.7. The first-order valence-electron chi connectivity index (χ1n) is 9.01. The van der Waals surface area contributed by atoms with E-state index in [1.165, 1.54) is 0 Å². The second-order valence-electron chi connectivity index (χ2n) is 6.77. The SMILES string of the molecule is Cc1ccc(C(=O)N2CCN(C(=O)CCc3cc(F)ccc3F)CC2)cc1. The van der Waals surface area contributed by atoms with Gasteiger partial charge in [0.05, 0.1) is 0 Å². The van der Waals surface area contributed by atoms with Crippen molar-refractivity contribution in [3.8, 4) is 0 Å². The highest BCUT2D eigenvalue weighted by Crippen LogP contribution is 2.14. The number of halogens is 2. The Hall–Kier alpha value is -2.76. The van der Waals surface area contributed by atoms with Crippen LogP contribution < -0.4 is 0 Å². The van der Waals surface area contributed by atoms with Gasteiger partial charge in [-0.05, 0) is 49.2 Å². The summed E-state index contributed by atoms with van der Waals surface area (Å²) >= 11 is 0. The Morgan fingerprint density at radius 3 is 2.22 bits per heavy atom. The molecule has 0 saturated carbocycles. The minimum atomic E-state index is -0.512. The Morgan fingerprint density at radius 1 is 0.926 bits per heavy atom. The van der Waals surface area contributed by atoms with Crippen molar-refractivity contribution in [3.05, 3.63) is 70.8 Å². The Morgan fingerprint density at radius 2 is 1.56 bits per heavy atom. The standard InChI is InChI=1S/C21H22F2N2O2/c1-15-2-4-16(5-3-15)21(27)25-12-10-24(11-13-25)20(26)9-6-17-14-18(22)7-8-19(17)23/h2-5,7-8,14H,6,9-13H2,1H3. The summed E-state index contributed by atoms with van der Waals surface area (Å²) in [6.07, 6.45) is 0.275. The summed E-state index contributed by atoms with van der Waals surface area (Å²) in [4.78, 5) is 28.3. The van der Waals surface area contributed by atoms with Crippen molar-refractivity contribution in [3.63, 3.8) is 0 Å². The molecule has 1 fully saturated rings. The van der Waals surface area contributed by atoms with Crippen LogP contribution in [0, 0.1) is 18.6 Å². The van der Waals surface area contributed by atoms with E-state index in [0.717, 1.165) is 23.8 Å². The number of hydrogen-bond acceptors (Lipinski definition) is 2. The molecule has 2 aromatic rings. The Labute approximate surface area is 157 Å². The second-order valence-corrected chi connectivity index (χ2v) is 6.77. The van der Waals surface area contributed by atoms with E-state index >= 15 is 0 Å². The molecule has 3 rings (SSSR count). The number of aryl methyl sites for hydroxylation is 2.